The number of ether oxygens (including phenoxy) is 1. The summed E-state index contributed by atoms with van der Waals surface area (Å²) < 4.78 is 10.9. The van der Waals surface area contributed by atoms with Gasteiger partial charge >= 0.3 is 5.97 Å². The van der Waals surface area contributed by atoms with E-state index in [1.165, 1.54) is 0 Å². The number of nitrogens with zero attached hydrogens (tertiary/aromatic N) is 1. The highest BCUT2D eigenvalue weighted by Gasteiger charge is 2.20. The summed E-state index contributed by atoms with van der Waals surface area (Å²) in [6, 6.07) is 7.13. The van der Waals surface area contributed by atoms with Crippen molar-refractivity contribution >= 4 is 11.8 Å². The zero-order chi connectivity index (χ0) is 18.6. The molecule has 1 heterocycles. The van der Waals surface area contributed by atoms with Crippen LogP contribution in [-0.2, 0) is 16.0 Å². The molecule has 134 valence electrons. The van der Waals surface area contributed by atoms with Crippen molar-refractivity contribution in [2.24, 2.45) is 0 Å². The fourth-order valence-electron chi connectivity index (χ4n) is 2.54. The van der Waals surface area contributed by atoms with Gasteiger partial charge in [0.05, 0.1) is 0 Å². The monoisotopic (exact) mass is 343 g/mol. The maximum absolute atomic E-state index is 12.4. The Hall–Kier alpha value is -2.43. The Kier molecular flexibility index (Phi) is 5.77. The second-order valence-corrected chi connectivity index (χ2v) is 7.02. The summed E-state index contributed by atoms with van der Waals surface area (Å²) in [6.07, 6.45) is 1.45. The van der Waals surface area contributed by atoms with Crippen LogP contribution in [0.1, 0.15) is 62.5 Å². The van der Waals surface area contributed by atoms with Crippen molar-refractivity contribution < 1.29 is 18.7 Å². The number of carbonyl (C=O) groups is 2. The fourth-order valence-corrected chi connectivity index (χ4v) is 2.54. The van der Waals surface area contributed by atoms with Gasteiger partial charge in [0, 0.05) is 24.5 Å². The van der Waals surface area contributed by atoms with Crippen LogP contribution in [0, 0.1) is 6.92 Å². The van der Waals surface area contributed by atoms with Crippen molar-refractivity contribution in [3.05, 3.63) is 41.5 Å². The van der Waals surface area contributed by atoms with Crippen molar-refractivity contribution in [1.29, 1.82) is 0 Å². The van der Waals surface area contributed by atoms with Crippen molar-refractivity contribution in [1.82, 2.24) is 4.98 Å². The summed E-state index contributed by atoms with van der Waals surface area (Å²) in [6.45, 7) is 9.21. The van der Waals surface area contributed by atoms with Gasteiger partial charge in [0.2, 0.25) is 0 Å². The molecule has 5 heteroatoms. The first-order valence-electron chi connectivity index (χ1n) is 8.51. The van der Waals surface area contributed by atoms with Gasteiger partial charge in [-0.3, -0.25) is 9.59 Å². The van der Waals surface area contributed by atoms with Crippen molar-refractivity contribution in [3.63, 3.8) is 0 Å². The number of benzene rings is 1. The molecule has 0 fully saturated rings. The van der Waals surface area contributed by atoms with Gasteiger partial charge in [0.15, 0.2) is 11.7 Å². The molecule has 1 aromatic heterocycles. The normalized spacial score (nSPS) is 11.4. The lowest BCUT2D eigenvalue weighted by Gasteiger charge is -2.19. The van der Waals surface area contributed by atoms with E-state index in [9.17, 15) is 9.59 Å². The Morgan fingerprint density at radius 1 is 1.24 bits per heavy atom. The van der Waals surface area contributed by atoms with Crippen LogP contribution in [-0.4, -0.2) is 22.3 Å². The van der Waals surface area contributed by atoms with Crippen LogP contribution in [0.4, 0.5) is 0 Å². The van der Waals surface area contributed by atoms with Gasteiger partial charge in [-0.15, -0.1) is 0 Å². The minimum atomic E-state index is -0.605. The van der Waals surface area contributed by atoms with Crippen LogP contribution in [0.2, 0.25) is 0 Å². The average Bonchev–Trinajstić information content (AvgIpc) is 2.86. The van der Waals surface area contributed by atoms with Crippen molar-refractivity contribution in [2.45, 2.75) is 59.5 Å². The van der Waals surface area contributed by atoms with Gasteiger partial charge in [0.1, 0.15) is 23.5 Å². The molecule has 2 rings (SSSR count). The van der Waals surface area contributed by atoms with E-state index < -0.39 is 11.6 Å². The molecule has 1 aromatic carbocycles. The summed E-state index contributed by atoms with van der Waals surface area (Å²) in [5.41, 5.74) is 1.43. The van der Waals surface area contributed by atoms with Crippen molar-refractivity contribution in [3.8, 4) is 11.3 Å². The minimum Gasteiger partial charge on any atom is -0.460 e. The Morgan fingerprint density at radius 2 is 1.96 bits per heavy atom. The molecule has 0 amide bonds. The number of hydrogen-bond donors (Lipinski definition) is 0. The second-order valence-electron chi connectivity index (χ2n) is 7.02. The number of aryl methyl sites for hydroxylation is 2. The van der Waals surface area contributed by atoms with E-state index in [1.54, 1.807) is 45.9 Å². The van der Waals surface area contributed by atoms with Crippen LogP contribution in [0.15, 0.2) is 28.7 Å². The first kappa shape index (κ1) is 18.9. The standard InChI is InChI=1S/C20H25NO4/c1-6-8-17-19(21-13(2)24-17)15-10-7-9-14(11-15)16(22)12-18(23)25-20(3,4)5/h7,9-11H,6,8,12H2,1-5H3. The van der Waals surface area contributed by atoms with Gasteiger partial charge < -0.3 is 9.15 Å². The molecule has 0 aliphatic carbocycles. The predicted molar refractivity (Wildman–Crippen MR) is 95.5 cm³/mol. The summed E-state index contributed by atoms with van der Waals surface area (Å²) >= 11 is 0. The van der Waals surface area contributed by atoms with Crippen LogP contribution >= 0.6 is 0 Å². The molecular weight excluding hydrogens is 318 g/mol. The summed E-state index contributed by atoms with van der Waals surface area (Å²) in [5.74, 6) is 0.626. The lowest BCUT2D eigenvalue weighted by Crippen LogP contribution is -2.25. The smallest absolute Gasteiger partial charge is 0.314 e. The largest absolute Gasteiger partial charge is 0.460 e. The molecule has 0 bridgehead atoms. The first-order chi connectivity index (χ1) is 11.7. The number of esters is 1. The molecule has 5 nitrogen and oxygen atoms in total. The maximum atomic E-state index is 12.4. The van der Waals surface area contributed by atoms with Gasteiger partial charge in [-0.1, -0.05) is 25.1 Å². The SMILES string of the molecule is CCCc1oc(C)nc1-c1cccc(C(=O)CC(=O)OC(C)(C)C)c1. The summed E-state index contributed by atoms with van der Waals surface area (Å²) in [7, 11) is 0. The summed E-state index contributed by atoms with van der Waals surface area (Å²) in [5, 5.41) is 0. The third-order valence-electron chi connectivity index (χ3n) is 3.46. The van der Waals surface area contributed by atoms with E-state index in [-0.39, 0.29) is 12.2 Å². The molecule has 0 atom stereocenters. The molecule has 25 heavy (non-hydrogen) atoms. The first-order valence-corrected chi connectivity index (χ1v) is 8.51. The lowest BCUT2D eigenvalue weighted by molar-refractivity contribution is -0.153. The zero-order valence-electron chi connectivity index (χ0n) is 15.5. The maximum Gasteiger partial charge on any atom is 0.314 e. The zero-order valence-corrected chi connectivity index (χ0v) is 15.5. The molecule has 0 aliphatic rings. The van der Waals surface area contributed by atoms with Gasteiger partial charge in [-0.25, -0.2) is 4.98 Å². The molecule has 0 saturated heterocycles. The number of oxazole rings is 1. The van der Waals surface area contributed by atoms with Gasteiger partial charge in [-0.05, 0) is 33.3 Å². The lowest BCUT2D eigenvalue weighted by atomic mass is 10.0. The molecule has 0 N–H and O–H groups in total. The molecule has 0 aliphatic heterocycles. The highest BCUT2D eigenvalue weighted by molar-refractivity contribution is 6.06. The van der Waals surface area contributed by atoms with Crippen LogP contribution in [0.25, 0.3) is 11.3 Å². The number of ketones is 1. The molecule has 0 unspecified atom stereocenters. The molecule has 2 aromatic rings. The number of rotatable bonds is 6. The van der Waals surface area contributed by atoms with E-state index in [1.807, 2.05) is 6.07 Å². The molecule has 0 saturated carbocycles. The Balaban J connectivity index is 2.21. The van der Waals surface area contributed by atoms with E-state index in [0.717, 1.165) is 29.9 Å². The van der Waals surface area contributed by atoms with Gasteiger partial charge in [0.25, 0.3) is 0 Å². The third-order valence-corrected chi connectivity index (χ3v) is 3.46. The molecular formula is C20H25NO4. The average molecular weight is 343 g/mol. The fraction of sp³-hybridized carbons (Fsp3) is 0.450. The quantitative estimate of drug-likeness (QED) is 0.438. The Labute approximate surface area is 148 Å². The molecule has 0 radical (unpaired) electrons. The predicted octanol–water partition coefficient (Wildman–Crippen LogP) is 4.52. The molecule has 0 spiro atoms. The van der Waals surface area contributed by atoms with E-state index in [2.05, 4.69) is 11.9 Å². The van der Waals surface area contributed by atoms with E-state index >= 15 is 0 Å². The number of carbonyl (C=O) groups excluding carboxylic acids is 2. The Morgan fingerprint density at radius 3 is 2.60 bits per heavy atom. The van der Waals surface area contributed by atoms with Crippen LogP contribution < -0.4 is 0 Å². The van der Waals surface area contributed by atoms with Crippen LogP contribution in [0.5, 0.6) is 0 Å². The van der Waals surface area contributed by atoms with E-state index in [4.69, 9.17) is 9.15 Å². The Bertz CT molecular complexity index is 768. The second kappa shape index (κ2) is 7.64. The van der Waals surface area contributed by atoms with Crippen LogP contribution in [0.3, 0.4) is 0 Å². The van der Waals surface area contributed by atoms with Gasteiger partial charge in [-0.2, -0.15) is 0 Å². The highest BCUT2D eigenvalue weighted by atomic mass is 16.6. The number of aromatic nitrogens is 1. The van der Waals surface area contributed by atoms with Crippen molar-refractivity contribution in [2.75, 3.05) is 0 Å². The third kappa shape index (κ3) is 5.28. The topological polar surface area (TPSA) is 69.4 Å². The summed E-state index contributed by atoms with van der Waals surface area (Å²) in [4.78, 5) is 28.7. The van der Waals surface area contributed by atoms with E-state index in [0.29, 0.717) is 11.5 Å². The number of hydrogen-bond acceptors (Lipinski definition) is 5. The minimum absolute atomic E-state index is 0.270. The number of Topliss-reactive ketones (excluding diaryl/α,β-unsaturated/α-hetero) is 1. The highest BCUT2D eigenvalue weighted by Crippen LogP contribution is 2.26.